The lowest BCUT2D eigenvalue weighted by Gasteiger charge is -2.22. The molecule has 112 valence electrons. The summed E-state index contributed by atoms with van der Waals surface area (Å²) in [5.41, 5.74) is 6.74. The molecule has 0 aliphatic heterocycles. The number of nitrogens with one attached hydrogen (secondary N) is 1. The van der Waals surface area contributed by atoms with Gasteiger partial charge < -0.3 is 11.1 Å². The summed E-state index contributed by atoms with van der Waals surface area (Å²) in [5.74, 6) is -0.0811. The van der Waals surface area contributed by atoms with Crippen LogP contribution in [0.4, 0.5) is 5.82 Å². The first kappa shape index (κ1) is 16.4. The zero-order valence-electron chi connectivity index (χ0n) is 12.2. The number of hydrogen-bond donors (Lipinski definition) is 2. The maximum Gasteiger partial charge on any atom is 0.251 e. The van der Waals surface area contributed by atoms with E-state index in [1.165, 1.54) is 6.07 Å². The highest BCUT2D eigenvalue weighted by molar-refractivity contribution is 7.92. The summed E-state index contributed by atoms with van der Waals surface area (Å²) in [7, 11) is -3.25. The minimum Gasteiger partial charge on any atom is -0.384 e. The zero-order chi connectivity index (χ0) is 15.6. The van der Waals surface area contributed by atoms with Crippen molar-refractivity contribution < 1.29 is 13.2 Å². The lowest BCUT2D eigenvalue weighted by molar-refractivity contribution is 0.0950. The highest BCUT2D eigenvalue weighted by atomic mass is 32.2. The minimum atomic E-state index is -3.25. The normalized spacial score (nSPS) is 12.2. The van der Waals surface area contributed by atoms with Gasteiger partial charge in [-0.2, -0.15) is 0 Å². The van der Waals surface area contributed by atoms with Crippen LogP contribution in [0.1, 0.15) is 36.8 Å². The third-order valence-electron chi connectivity index (χ3n) is 3.20. The Kier molecular flexibility index (Phi) is 4.75. The molecule has 1 amide bonds. The van der Waals surface area contributed by atoms with E-state index in [1.807, 2.05) is 6.92 Å². The molecule has 0 spiro atoms. The zero-order valence-corrected chi connectivity index (χ0v) is 13.0. The second-order valence-corrected chi connectivity index (χ2v) is 7.99. The lowest BCUT2D eigenvalue weighted by Crippen LogP contribution is -2.43. The molecule has 1 heterocycles. The predicted molar refractivity (Wildman–Crippen MR) is 79.3 cm³/mol. The van der Waals surface area contributed by atoms with E-state index in [0.29, 0.717) is 12.0 Å². The molecule has 0 aliphatic rings. The second kappa shape index (κ2) is 5.78. The van der Waals surface area contributed by atoms with Gasteiger partial charge in [-0.05, 0) is 32.4 Å². The highest BCUT2D eigenvalue weighted by Crippen LogP contribution is 2.14. The molecule has 0 saturated carbocycles. The molecule has 0 aliphatic carbocycles. The molecular weight excluding hydrogens is 278 g/mol. The summed E-state index contributed by atoms with van der Waals surface area (Å²) in [6.45, 7) is 5.09. The standard InChI is InChI=1S/C13H21N3O3S/c1-5-10-6-9(7-11(14)16-10)12(17)15-8-13(2,3)20(4,18)19/h6-7H,5,8H2,1-4H3,(H2,14,16)(H,15,17). The Balaban J connectivity index is 2.85. The number of carbonyl (C=O) groups is 1. The van der Waals surface area contributed by atoms with Crippen molar-refractivity contribution in [1.29, 1.82) is 0 Å². The third-order valence-corrected chi connectivity index (χ3v) is 5.35. The van der Waals surface area contributed by atoms with Gasteiger partial charge in [-0.1, -0.05) is 6.92 Å². The highest BCUT2D eigenvalue weighted by Gasteiger charge is 2.30. The number of amides is 1. The van der Waals surface area contributed by atoms with Gasteiger partial charge in [0.05, 0.1) is 4.75 Å². The number of pyridine rings is 1. The predicted octanol–water partition coefficient (Wildman–Crippen LogP) is 0.779. The number of sulfone groups is 1. The second-order valence-electron chi connectivity index (χ2n) is 5.34. The van der Waals surface area contributed by atoms with Crippen molar-refractivity contribution in [2.24, 2.45) is 0 Å². The summed E-state index contributed by atoms with van der Waals surface area (Å²) >= 11 is 0. The summed E-state index contributed by atoms with van der Waals surface area (Å²) in [4.78, 5) is 16.1. The van der Waals surface area contributed by atoms with Crippen molar-refractivity contribution in [2.45, 2.75) is 31.9 Å². The number of nitrogens with two attached hydrogens (primary N) is 1. The average molecular weight is 299 g/mol. The van der Waals surface area contributed by atoms with E-state index in [2.05, 4.69) is 10.3 Å². The van der Waals surface area contributed by atoms with Crippen molar-refractivity contribution >= 4 is 21.6 Å². The number of rotatable bonds is 5. The molecule has 3 N–H and O–H groups in total. The van der Waals surface area contributed by atoms with Crippen LogP contribution in [0.5, 0.6) is 0 Å². The van der Waals surface area contributed by atoms with Gasteiger partial charge in [-0.15, -0.1) is 0 Å². The van der Waals surface area contributed by atoms with E-state index >= 15 is 0 Å². The maximum atomic E-state index is 12.0. The van der Waals surface area contributed by atoms with Crippen molar-refractivity contribution in [3.05, 3.63) is 23.4 Å². The molecule has 0 unspecified atom stereocenters. The van der Waals surface area contributed by atoms with Crippen LogP contribution in [-0.4, -0.2) is 36.9 Å². The lowest BCUT2D eigenvalue weighted by atomic mass is 10.1. The van der Waals surface area contributed by atoms with Crippen LogP contribution in [0.2, 0.25) is 0 Å². The van der Waals surface area contributed by atoms with E-state index < -0.39 is 14.6 Å². The average Bonchev–Trinajstić information content (AvgIpc) is 2.33. The van der Waals surface area contributed by atoms with Crippen LogP contribution < -0.4 is 11.1 Å². The van der Waals surface area contributed by atoms with Crippen molar-refractivity contribution in [2.75, 3.05) is 18.5 Å². The van der Waals surface area contributed by atoms with Crippen LogP contribution in [0, 0.1) is 0 Å². The molecule has 0 aromatic carbocycles. The van der Waals surface area contributed by atoms with E-state index in [4.69, 9.17) is 5.73 Å². The molecule has 0 atom stereocenters. The Hall–Kier alpha value is -1.63. The fourth-order valence-corrected chi connectivity index (χ4v) is 1.78. The number of anilines is 1. The first-order chi connectivity index (χ1) is 9.06. The minimum absolute atomic E-state index is 0.0361. The molecule has 6 nitrogen and oxygen atoms in total. The fraction of sp³-hybridized carbons (Fsp3) is 0.538. The van der Waals surface area contributed by atoms with E-state index in [-0.39, 0.29) is 18.3 Å². The van der Waals surface area contributed by atoms with Crippen molar-refractivity contribution in [3.8, 4) is 0 Å². The van der Waals surface area contributed by atoms with Crippen LogP contribution in [-0.2, 0) is 16.3 Å². The number of carbonyl (C=O) groups excluding carboxylic acids is 1. The Bertz CT molecular complexity index is 609. The van der Waals surface area contributed by atoms with Crippen LogP contribution >= 0.6 is 0 Å². The van der Waals surface area contributed by atoms with Gasteiger partial charge in [0, 0.05) is 24.1 Å². The fourth-order valence-electron chi connectivity index (χ4n) is 1.45. The molecular formula is C13H21N3O3S. The van der Waals surface area contributed by atoms with Crippen LogP contribution in [0.25, 0.3) is 0 Å². The van der Waals surface area contributed by atoms with Gasteiger partial charge >= 0.3 is 0 Å². The molecule has 1 rings (SSSR count). The summed E-state index contributed by atoms with van der Waals surface area (Å²) in [6, 6.07) is 3.13. The molecule has 0 saturated heterocycles. The van der Waals surface area contributed by atoms with Crippen LogP contribution in [0.3, 0.4) is 0 Å². The van der Waals surface area contributed by atoms with Crippen LogP contribution in [0.15, 0.2) is 12.1 Å². The Morgan fingerprint density at radius 3 is 2.50 bits per heavy atom. The van der Waals surface area contributed by atoms with Crippen molar-refractivity contribution in [1.82, 2.24) is 10.3 Å². The Morgan fingerprint density at radius 1 is 1.40 bits per heavy atom. The van der Waals surface area contributed by atoms with E-state index in [0.717, 1.165) is 11.9 Å². The SMILES string of the molecule is CCc1cc(C(=O)NCC(C)(C)S(C)(=O)=O)cc(N)n1. The number of hydrogen-bond acceptors (Lipinski definition) is 5. The molecule has 0 bridgehead atoms. The smallest absolute Gasteiger partial charge is 0.251 e. The van der Waals surface area contributed by atoms with E-state index in [1.54, 1.807) is 19.9 Å². The van der Waals surface area contributed by atoms with Gasteiger partial charge in [0.25, 0.3) is 5.91 Å². The topological polar surface area (TPSA) is 102 Å². The summed E-state index contributed by atoms with van der Waals surface area (Å²) in [6.07, 6.45) is 1.82. The molecule has 20 heavy (non-hydrogen) atoms. The molecule has 0 radical (unpaired) electrons. The Labute approximate surface area is 119 Å². The van der Waals surface area contributed by atoms with Gasteiger partial charge in [-0.3, -0.25) is 4.79 Å². The molecule has 1 aromatic heterocycles. The number of aryl methyl sites for hydroxylation is 1. The summed E-state index contributed by atoms with van der Waals surface area (Å²) < 4.78 is 22.1. The van der Waals surface area contributed by atoms with Crippen molar-refractivity contribution in [3.63, 3.8) is 0 Å². The first-order valence-electron chi connectivity index (χ1n) is 6.31. The number of aromatic nitrogens is 1. The largest absolute Gasteiger partial charge is 0.384 e. The molecule has 1 aromatic rings. The van der Waals surface area contributed by atoms with Gasteiger partial charge in [-0.25, -0.2) is 13.4 Å². The quantitative estimate of drug-likeness (QED) is 0.836. The number of nitrogen functional groups attached to an aromatic ring is 1. The summed E-state index contributed by atoms with van der Waals surface area (Å²) in [5, 5.41) is 2.62. The monoisotopic (exact) mass is 299 g/mol. The molecule has 7 heteroatoms. The maximum absolute atomic E-state index is 12.0. The first-order valence-corrected chi connectivity index (χ1v) is 8.20. The Morgan fingerprint density at radius 2 is 2.00 bits per heavy atom. The molecule has 0 fully saturated rings. The third kappa shape index (κ3) is 3.93. The van der Waals surface area contributed by atoms with Gasteiger partial charge in [0.2, 0.25) is 0 Å². The van der Waals surface area contributed by atoms with E-state index in [9.17, 15) is 13.2 Å². The van der Waals surface area contributed by atoms with Gasteiger partial charge in [0.1, 0.15) is 5.82 Å². The number of nitrogens with zero attached hydrogens (tertiary/aromatic N) is 1. The van der Waals surface area contributed by atoms with Gasteiger partial charge in [0.15, 0.2) is 9.84 Å².